The number of rotatable bonds is 4. The zero-order valence-electron chi connectivity index (χ0n) is 13.1. The van der Waals surface area contributed by atoms with Gasteiger partial charge in [-0.2, -0.15) is 0 Å². The number of nitrogens with one attached hydrogen (secondary N) is 1. The van der Waals surface area contributed by atoms with Crippen LogP contribution >= 0.6 is 0 Å². The number of fused-ring (bicyclic) bond motifs is 1. The molecular weight excluding hydrogens is 304 g/mol. The quantitative estimate of drug-likeness (QED) is 0.566. The van der Waals surface area contributed by atoms with E-state index in [1.54, 1.807) is 10.8 Å². The molecule has 0 spiro atoms. The van der Waals surface area contributed by atoms with Gasteiger partial charge in [0.1, 0.15) is 29.8 Å². The van der Waals surface area contributed by atoms with Gasteiger partial charge in [-0.25, -0.2) is 15.4 Å². The van der Waals surface area contributed by atoms with Crippen molar-refractivity contribution in [2.45, 2.75) is 37.9 Å². The highest BCUT2D eigenvalue weighted by Gasteiger charge is 2.53. The molecular formula is C14H20N4O5. The van der Waals surface area contributed by atoms with Crippen molar-refractivity contribution in [1.29, 1.82) is 0 Å². The Balaban J connectivity index is 2.13. The minimum absolute atomic E-state index is 0.391. The number of aromatic nitrogens is 3. The average Bonchev–Trinajstić information content (AvgIpc) is 2.96. The summed E-state index contributed by atoms with van der Waals surface area (Å²) in [5.41, 5.74) is 2.48. The van der Waals surface area contributed by atoms with Crippen molar-refractivity contribution in [1.82, 2.24) is 14.5 Å². The van der Waals surface area contributed by atoms with Crippen molar-refractivity contribution in [3.8, 4) is 0 Å². The third-order valence-corrected chi connectivity index (χ3v) is 4.18. The molecule has 9 heteroatoms. The fourth-order valence-electron chi connectivity index (χ4n) is 3.01. The Bertz CT molecular complexity index is 717. The van der Waals surface area contributed by atoms with Crippen LogP contribution in [0.25, 0.3) is 11.0 Å². The van der Waals surface area contributed by atoms with Crippen molar-refractivity contribution in [2.24, 2.45) is 0 Å². The minimum Gasteiger partial charge on any atom is -0.394 e. The van der Waals surface area contributed by atoms with E-state index in [-0.39, 0.29) is 0 Å². The lowest BCUT2D eigenvalue weighted by atomic mass is 9.96. The van der Waals surface area contributed by atoms with Crippen molar-refractivity contribution in [3.05, 3.63) is 18.1 Å². The highest BCUT2D eigenvalue weighted by molar-refractivity contribution is 5.90. The predicted octanol–water partition coefficient (Wildman–Crippen LogP) is -0.285. The van der Waals surface area contributed by atoms with Crippen LogP contribution in [-0.2, 0) is 9.57 Å². The Morgan fingerprint density at radius 1 is 1.48 bits per heavy atom. The van der Waals surface area contributed by atoms with Gasteiger partial charge < -0.3 is 24.6 Å². The molecule has 0 amide bonds. The van der Waals surface area contributed by atoms with Gasteiger partial charge in [0.05, 0.1) is 19.1 Å². The van der Waals surface area contributed by atoms with Gasteiger partial charge in [0.15, 0.2) is 12.0 Å². The van der Waals surface area contributed by atoms with Gasteiger partial charge in [0, 0.05) is 6.20 Å². The summed E-state index contributed by atoms with van der Waals surface area (Å²) in [5.74, 6) is 0.491. The van der Waals surface area contributed by atoms with Crippen LogP contribution in [-0.4, -0.2) is 61.4 Å². The summed E-state index contributed by atoms with van der Waals surface area (Å²) >= 11 is 0. The maximum Gasteiger partial charge on any atom is 0.167 e. The van der Waals surface area contributed by atoms with E-state index in [2.05, 4.69) is 15.4 Å². The van der Waals surface area contributed by atoms with Gasteiger partial charge in [-0.3, -0.25) is 4.84 Å². The molecule has 1 saturated heterocycles. The van der Waals surface area contributed by atoms with Crippen LogP contribution in [0.4, 0.5) is 5.82 Å². The summed E-state index contributed by atoms with van der Waals surface area (Å²) in [5, 5.41) is 30.8. The number of anilines is 1. The number of aliphatic hydroxyl groups excluding tert-OH is 2. The molecule has 1 fully saturated rings. The first-order valence-corrected chi connectivity index (χ1v) is 7.19. The van der Waals surface area contributed by atoms with E-state index < -0.39 is 30.6 Å². The van der Waals surface area contributed by atoms with E-state index in [1.165, 1.54) is 20.4 Å². The van der Waals surface area contributed by atoms with E-state index in [1.807, 2.05) is 6.92 Å². The number of nitrogens with zero attached hydrogens (tertiary/aromatic N) is 3. The Hall–Kier alpha value is -1.78. The molecule has 1 aliphatic heterocycles. The number of hydrogen-bond donors (Lipinski definition) is 4. The molecule has 4 N–H and O–H groups in total. The van der Waals surface area contributed by atoms with Crippen LogP contribution < -0.4 is 5.48 Å². The molecule has 23 heavy (non-hydrogen) atoms. The second-order valence-corrected chi connectivity index (χ2v) is 5.83. The zero-order chi connectivity index (χ0) is 16.8. The summed E-state index contributed by atoms with van der Waals surface area (Å²) in [6.07, 6.45) is 0.144. The summed E-state index contributed by atoms with van der Waals surface area (Å²) in [7, 11) is 1.48. The molecule has 3 unspecified atom stereocenters. The Kier molecular flexibility index (Phi) is 3.98. The smallest absolute Gasteiger partial charge is 0.167 e. The summed E-state index contributed by atoms with van der Waals surface area (Å²) < 4.78 is 7.28. The van der Waals surface area contributed by atoms with E-state index in [0.717, 1.165) is 10.9 Å². The second kappa shape index (κ2) is 5.69. The molecule has 126 valence electrons. The van der Waals surface area contributed by atoms with Crippen LogP contribution in [0, 0.1) is 6.92 Å². The third kappa shape index (κ3) is 2.37. The largest absolute Gasteiger partial charge is 0.394 e. The van der Waals surface area contributed by atoms with E-state index in [9.17, 15) is 15.3 Å². The van der Waals surface area contributed by atoms with Gasteiger partial charge in [-0.15, -0.1) is 0 Å². The highest BCUT2D eigenvalue weighted by Crippen LogP contribution is 2.40. The Morgan fingerprint density at radius 2 is 2.22 bits per heavy atom. The molecule has 4 atom stereocenters. The summed E-state index contributed by atoms with van der Waals surface area (Å²) in [4.78, 5) is 13.3. The van der Waals surface area contributed by atoms with Gasteiger partial charge >= 0.3 is 0 Å². The molecule has 9 nitrogen and oxygen atoms in total. The van der Waals surface area contributed by atoms with Crippen LogP contribution in [0.3, 0.4) is 0 Å². The normalized spacial score (nSPS) is 31.0. The van der Waals surface area contributed by atoms with Gasteiger partial charge in [0.25, 0.3) is 0 Å². The first kappa shape index (κ1) is 16.1. The molecule has 3 heterocycles. The molecule has 2 aromatic rings. The molecule has 1 aliphatic rings. The van der Waals surface area contributed by atoms with Crippen molar-refractivity contribution in [2.75, 3.05) is 19.2 Å². The molecule has 0 aliphatic carbocycles. The van der Waals surface area contributed by atoms with Gasteiger partial charge in [0.2, 0.25) is 0 Å². The highest BCUT2D eigenvalue weighted by atomic mass is 16.6. The Labute approximate surface area is 132 Å². The van der Waals surface area contributed by atoms with Crippen molar-refractivity contribution in [3.63, 3.8) is 0 Å². The lowest BCUT2D eigenvalue weighted by Gasteiger charge is -2.27. The van der Waals surface area contributed by atoms with Crippen molar-refractivity contribution < 1.29 is 24.9 Å². The number of hydrogen-bond acceptors (Lipinski definition) is 8. The van der Waals surface area contributed by atoms with Crippen LogP contribution in [0.5, 0.6) is 0 Å². The number of aryl methyl sites for hydroxylation is 1. The number of aliphatic hydroxyl groups is 3. The van der Waals surface area contributed by atoms with Crippen LogP contribution in [0.2, 0.25) is 0 Å². The molecule has 0 radical (unpaired) electrons. The summed E-state index contributed by atoms with van der Waals surface area (Å²) in [6, 6.07) is 0. The molecule has 2 aromatic heterocycles. The monoisotopic (exact) mass is 324 g/mol. The van der Waals surface area contributed by atoms with E-state index in [0.29, 0.717) is 11.5 Å². The Morgan fingerprint density at radius 3 is 2.83 bits per heavy atom. The SMILES string of the molecule is CONc1ncnc2c1c(C)cn2C1OC(CO)C(O)[C@@]1(C)O. The molecule has 0 bridgehead atoms. The fourth-order valence-corrected chi connectivity index (χ4v) is 3.01. The first-order valence-electron chi connectivity index (χ1n) is 7.19. The summed E-state index contributed by atoms with van der Waals surface area (Å²) in [6.45, 7) is 2.94. The minimum atomic E-state index is -1.58. The number of ether oxygens (including phenoxy) is 1. The molecule has 0 saturated carbocycles. The second-order valence-electron chi connectivity index (χ2n) is 5.83. The first-order chi connectivity index (χ1) is 10.9. The lowest BCUT2D eigenvalue weighted by Crippen LogP contribution is -2.44. The predicted molar refractivity (Wildman–Crippen MR) is 80.5 cm³/mol. The standard InChI is InChI=1S/C14H20N4O5/c1-7-4-18(12-9(7)11(17-22-3)15-6-16-12)13-14(2,21)10(20)8(5-19)23-13/h4,6,8,10,13,19-21H,5H2,1-3H3,(H,15,16,17)/t8?,10?,13?,14-/m1/s1. The van der Waals surface area contributed by atoms with E-state index in [4.69, 9.17) is 9.57 Å². The van der Waals surface area contributed by atoms with Gasteiger partial charge in [-0.05, 0) is 19.4 Å². The molecule has 3 rings (SSSR count). The lowest BCUT2D eigenvalue weighted by molar-refractivity contribution is -0.0948. The molecule has 0 aromatic carbocycles. The zero-order valence-corrected chi connectivity index (χ0v) is 13.1. The van der Waals surface area contributed by atoms with Crippen LogP contribution in [0.15, 0.2) is 12.5 Å². The third-order valence-electron chi connectivity index (χ3n) is 4.18. The van der Waals surface area contributed by atoms with Crippen molar-refractivity contribution >= 4 is 16.9 Å². The maximum atomic E-state index is 10.6. The average molecular weight is 324 g/mol. The topological polar surface area (TPSA) is 122 Å². The van der Waals surface area contributed by atoms with Gasteiger partial charge in [-0.1, -0.05) is 0 Å². The fraction of sp³-hybridized carbons (Fsp3) is 0.571. The van der Waals surface area contributed by atoms with E-state index >= 15 is 0 Å². The van der Waals surface area contributed by atoms with Crippen LogP contribution in [0.1, 0.15) is 18.7 Å². The maximum absolute atomic E-state index is 10.6.